The smallest absolute Gasteiger partial charge is 0.272 e. The van der Waals surface area contributed by atoms with E-state index in [1.807, 2.05) is 13.0 Å². The molecule has 1 amide bonds. The lowest BCUT2D eigenvalue weighted by Gasteiger charge is -2.15. The normalized spacial score (nSPS) is 18.0. The SMILES string of the molecule is Cc1cc2nc([C@@H]3CCN(C(=O)c4ccn[nH]4)C3)cc(=O)n2[nH]1. The van der Waals surface area contributed by atoms with E-state index in [4.69, 9.17) is 0 Å². The van der Waals surface area contributed by atoms with Crippen molar-refractivity contribution in [2.45, 2.75) is 19.3 Å². The number of hydrogen-bond donors (Lipinski definition) is 2. The molecule has 0 aromatic carbocycles. The maximum absolute atomic E-state index is 12.3. The Morgan fingerprint density at radius 3 is 3.04 bits per heavy atom. The van der Waals surface area contributed by atoms with Crippen molar-refractivity contribution in [2.24, 2.45) is 0 Å². The minimum Gasteiger partial charge on any atom is -0.337 e. The van der Waals surface area contributed by atoms with Gasteiger partial charge in [0, 0.05) is 43.0 Å². The minimum absolute atomic E-state index is 0.0692. The molecule has 23 heavy (non-hydrogen) atoms. The molecule has 118 valence electrons. The van der Waals surface area contributed by atoms with Crippen LogP contribution in [0, 0.1) is 6.92 Å². The van der Waals surface area contributed by atoms with E-state index in [1.165, 1.54) is 4.52 Å². The van der Waals surface area contributed by atoms with Gasteiger partial charge >= 0.3 is 0 Å². The average molecular weight is 312 g/mol. The Labute approximate surface area is 131 Å². The van der Waals surface area contributed by atoms with Crippen LogP contribution in [0.3, 0.4) is 0 Å². The van der Waals surface area contributed by atoms with Gasteiger partial charge in [0.1, 0.15) is 5.69 Å². The van der Waals surface area contributed by atoms with Crippen LogP contribution in [0.4, 0.5) is 0 Å². The lowest BCUT2D eigenvalue weighted by Crippen LogP contribution is -2.29. The Morgan fingerprint density at radius 1 is 1.39 bits per heavy atom. The van der Waals surface area contributed by atoms with Crippen LogP contribution in [-0.2, 0) is 0 Å². The molecule has 1 aliphatic rings. The zero-order valence-corrected chi connectivity index (χ0v) is 12.6. The standard InChI is InChI=1S/C15H16N6O2/c1-9-6-13-17-12(7-14(22)21(13)19-9)10-3-5-20(8-10)15(23)11-2-4-16-18-11/h2,4,6-7,10,19H,3,5,8H2,1H3,(H,16,18)/t10-/m1/s1. The number of likely N-dealkylation sites (tertiary alicyclic amines) is 1. The number of amides is 1. The molecule has 0 unspecified atom stereocenters. The molecule has 1 aliphatic heterocycles. The molecule has 1 fully saturated rings. The summed E-state index contributed by atoms with van der Waals surface area (Å²) in [5.41, 5.74) is 2.60. The molecule has 0 aliphatic carbocycles. The molecule has 3 aromatic heterocycles. The number of fused-ring (bicyclic) bond motifs is 1. The van der Waals surface area contributed by atoms with E-state index in [2.05, 4.69) is 20.3 Å². The van der Waals surface area contributed by atoms with E-state index in [9.17, 15) is 9.59 Å². The molecule has 0 bridgehead atoms. The highest BCUT2D eigenvalue weighted by Gasteiger charge is 2.29. The first kappa shape index (κ1) is 13.7. The lowest BCUT2D eigenvalue weighted by molar-refractivity contribution is 0.0785. The fraction of sp³-hybridized carbons (Fsp3) is 0.333. The first-order valence-electron chi connectivity index (χ1n) is 7.50. The van der Waals surface area contributed by atoms with Gasteiger partial charge in [0.05, 0.1) is 5.69 Å². The number of carbonyl (C=O) groups excluding carboxylic acids is 1. The van der Waals surface area contributed by atoms with Crippen molar-refractivity contribution in [3.05, 3.63) is 51.8 Å². The molecule has 0 spiro atoms. The van der Waals surface area contributed by atoms with Crippen molar-refractivity contribution >= 4 is 11.6 Å². The minimum atomic E-state index is -0.128. The summed E-state index contributed by atoms with van der Waals surface area (Å²) in [5, 5.41) is 9.45. The Hall–Kier alpha value is -2.90. The Bertz CT molecular complexity index is 923. The maximum Gasteiger partial charge on any atom is 0.272 e. The van der Waals surface area contributed by atoms with Gasteiger partial charge < -0.3 is 4.90 Å². The van der Waals surface area contributed by atoms with Crippen molar-refractivity contribution in [3.8, 4) is 0 Å². The van der Waals surface area contributed by atoms with Crippen molar-refractivity contribution in [2.75, 3.05) is 13.1 Å². The van der Waals surface area contributed by atoms with Crippen LogP contribution in [0.5, 0.6) is 0 Å². The summed E-state index contributed by atoms with van der Waals surface area (Å²) in [4.78, 5) is 30.8. The molecular formula is C15H16N6O2. The summed E-state index contributed by atoms with van der Waals surface area (Å²) in [6.07, 6.45) is 2.36. The first-order chi connectivity index (χ1) is 11.1. The van der Waals surface area contributed by atoms with Crippen molar-refractivity contribution in [3.63, 3.8) is 0 Å². The van der Waals surface area contributed by atoms with Crippen molar-refractivity contribution in [1.82, 2.24) is 29.7 Å². The van der Waals surface area contributed by atoms with Crippen LogP contribution in [0.25, 0.3) is 5.65 Å². The molecule has 4 heterocycles. The van der Waals surface area contributed by atoms with E-state index in [1.54, 1.807) is 23.2 Å². The van der Waals surface area contributed by atoms with Gasteiger partial charge in [-0.05, 0) is 19.4 Å². The number of nitrogens with one attached hydrogen (secondary N) is 2. The van der Waals surface area contributed by atoms with Crippen molar-refractivity contribution in [1.29, 1.82) is 0 Å². The number of H-pyrrole nitrogens is 2. The number of nitrogens with zero attached hydrogens (tertiary/aromatic N) is 4. The molecule has 3 aromatic rings. The average Bonchev–Trinajstić information content (AvgIpc) is 3.26. The molecule has 0 radical (unpaired) electrons. The van der Waals surface area contributed by atoms with E-state index >= 15 is 0 Å². The van der Waals surface area contributed by atoms with Crippen LogP contribution in [0.15, 0.2) is 29.2 Å². The highest BCUT2D eigenvalue weighted by Crippen LogP contribution is 2.26. The van der Waals surface area contributed by atoms with E-state index in [0.29, 0.717) is 24.4 Å². The van der Waals surface area contributed by atoms with Gasteiger partial charge in [0.2, 0.25) is 0 Å². The molecule has 0 saturated carbocycles. The van der Waals surface area contributed by atoms with Crippen LogP contribution >= 0.6 is 0 Å². The number of hydrogen-bond acceptors (Lipinski definition) is 4. The summed E-state index contributed by atoms with van der Waals surface area (Å²) in [6, 6.07) is 5.06. The van der Waals surface area contributed by atoms with Crippen LogP contribution in [0.1, 0.15) is 34.2 Å². The summed E-state index contributed by atoms with van der Waals surface area (Å²) < 4.78 is 1.43. The molecule has 4 rings (SSSR count). The zero-order valence-electron chi connectivity index (χ0n) is 12.6. The third-order valence-corrected chi connectivity index (χ3v) is 4.22. The predicted molar refractivity (Wildman–Crippen MR) is 82.4 cm³/mol. The molecule has 8 nitrogen and oxygen atoms in total. The number of aromatic nitrogens is 5. The number of carbonyl (C=O) groups is 1. The van der Waals surface area contributed by atoms with Crippen molar-refractivity contribution < 1.29 is 4.79 Å². The van der Waals surface area contributed by atoms with Gasteiger partial charge in [0.15, 0.2) is 5.65 Å². The van der Waals surface area contributed by atoms with Crippen LogP contribution < -0.4 is 5.56 Å². The maximum atomic E-state index is 12.3. The Morgan fingerprint density at radius 2 is 2.26 bits per heavy atom. The summed E-state index contributed by atoms with van der Waals surface area (Å²) in [5.74, 6) is 0.00932. The predicted octanol–water partition coefficient (Wildman–Crippen LogP) is 0.684. The van der Waals surface area contributed by atoms with Crippen LogP contribution in [0.2, 0.25) is 0 Å². The van der Waals surface area contributed by atoms with Gasteiger partial charge in [-0.3, -0.25) is 19.8 Å². The second-order valence-electron chi connectivity index (χ2n) is 5.86. The van der Waals surface area contributed by atoms with Gasteiger partial charge in [-0.2, -0.15) is 5.10 Å². The highest BCUT2D eigenvalue weighted by atomic mass is 16.2. The van der Waals surface area contributed by atoms with Crippen LogP contribution in [-0.4, -0.2) is 48.7 Å². The van der Waals surface area contributed by atoms with E-state index in [-0.39, 0.29) is 17.4 Å². The topological polar surface area (TPSA) is 99.2 Å². The Balaban J connectivity index is 1.60. The molecule has 8 heteroatoms. The lowest BCUT2D eigenvalue weighted by atomic mass is 10.0. The molecule has 1 atom stereocenters. The van der Waals surface area contributed by atoms with Gasteiger partial charge in [-0.25, -0.2) is 9.50 Å². The van der Waals surface area contributed by atoms with Gasteiger partial charge in [-0.15, -0.1) is 0 Å². The number of aromatic amines is 2. The number of rotatable bonds is 2. The van der Waals surface area contributed by atoms with E-state index in [0.717, 1.165) is 17.8 Å². The van der Waals surface area contributed by atoms with Gasteiger partial charge in [-0.1, -0.05) is 0 Å². The fourth-order valence-corrected chi connectivity index (χ4v) is 3.07. The number of aryl methyl sites for hydroxylation is 1. The third kappa shape index (κ3) is 2.32. The third-order valence-electron chi connectivity index (χ3n) is 4.22. The fourth-order valence-electron chi connectivity index (χ4n) is 3.07. The first-order valence-corrected chi connectivity index (χ1v) is 7.50. The largest absolute Gasteiger partial charge is 0.337 e. The summed E-state index contributed by atoms with van der Waals surface area (Å²) in [6.45, 7) is 3.09. The zero-order chi connectivity index (χ0) is 16.0. The summed E-state index contributed by atoms with van der Waals surface area (Å²) in [7, 11) is 0. The van der Waals surface area contributed by atoms with E-state index < -0.39 is 0 Å². The molecule has 1 saturated heterocycles. The second-order valence-corrected chi connectivity index (χ2v) is 5.86. The second kappa shape index (κ2) is 5.08. The highest BCUT2D eigenvalue weighted by molar-refractivity contribution is 5.92. The monoisotopic (exact) mass is 312 g/mol. The van der Waals surface area contributed by atoms with Gasteiger partial charge in [0.25, 0.3) is 11.5 Å². The Kier molecular flexibility index (Phi) is 3.03. The summed E-state index contributed by atoms with van der Waals surface area (Å²) >= 11 is 0. The molecule has 2 N–H and O–H groups in total. The molecular weight excluding hydrogens is 296 g/mol. The quantitative estimate of drug-likeness (QED) is 0.727.